The number of rotatable bonds is 10. The summed E-state index contributed by atoms with van der Waals surface area (Å²) in [7, 11) is 0. The van der Waals surface area contributed by atoms with E-state index in [2.05, 4.69) is 4.98 Å². The third kappa shape index (κ3) is 6.85. The Morgan fingerprint density at radius 1 is 0.914 bits per heavy atom. The summed E-state index contributed by atoms with van der Waals surface area (Å²) in [5.41, 5.74) is 2.51. The number of esters is 1. The summed E-state index contributed by atoms with van der Waals surface area (Å²) in [5.74, 6) is -1.11. The van der Waals surface area contributed by atoms with Crippen molar-refractivity contribution in [3.63, 3.8) is 0 Å². The molecular weight excluding hydrogens is 504 g/mol. The summed E-state index contributed by atoms with van der Waals surface area (Å²) in [6.45, 7) is -0.156. The van der Waals surface area contributed by atoms with Crippen LogP contribution in [0.2, 0.25) is 5.02 Å². The van der Waals surface area contributed by atoms with Gasteiger partial charge in [-0.2, -0.15) is 0 Å². The van der Waals surface area contributed by atoms with Gasteiger partial charge >= 0.3 is 5.97 Å². The lowest BCUT2D eigenvalue weighted by Gasteiger charge is -2.20. The molecule has 0 aliphatic carbocycles. The summed E-state index contributed by atoms with van der Waals surface area (Å²) < 4.78 is 5.20. The van der Waals surface area contributed by atoms with Crippen LogP contribution in [0, 0.1) is 0 Å². The van der Waals surface area contributed by atoms with Gasteiger partial charge in [0.05, 0.1) is 23.5 Å². The van der Waals surface area contributed by atoms with Crippen molar-refractivity contribution in [2.24, 2.45) is 0 Å². The van der Waals surface area contributed by atoms with Gasteiger partial charge in [0.1, 0.15) is 0 Å². The number of amides is 1. The highest BCUT2D eigenvalue weighted by Crippen LogP contribution is 2.29. The predicted octanol–water partition coefficient (Wildman–Crippen LogP) is 6.26. The summed E-state index contributed by atoms with van der Waals surface area (Å²) in [6.07, 6.45) is -0.0428. The number of anilines is 1. The molecule has 9 heteroatoms. The first-order valence-corrected chi connectivity index (χ1v) is 12.9. The van der Waals surface area contributed by atoms with Gasteiger partial charge in [-0.05, 0) is 29.1 Å². The molecule has 2 aromatic carbocycles. The smallest absolute Gasteiger partial charge is 0.306 e. The summed E-state index contributed by atoms with van der Waals surface area (Å²) in [4.78, 5) is 44.1. The molecule has 0 saturated carbocycles. The normalized spacial score (nSPS) is 10.7. The maximum atomic E-state index is 13.1. The Kier molecular flexibility index (Phi) is 8.41. The van der Waals surface area contributed by atoms with Crippen molar-refractivity contribution >= 4 is 57.1 Å². The van der Waals surface area contributed by atoms with Crippen LogP contribution >= 0.6 is 34.3 Å². The molecule has 35 heavy (non-hydrogen) atoms. The summed E-state index contributed by atoms with van der Waals surface area (Å²) in [6, 6.07) is 20.3. The quantitative estimate of drug-likeness (QED) is 0.181. The van der Waals surface area contributed by atoms with E-state index in [1.807, 2.05) is 53.2 Å². The van der Waals surface area contributed by atoms with Crippen molar-refractivity contribution < 1.29 is 19.1 Å². The molecule has 0 radical (unpaired) electrons. The fraction of sp³-hybridized carbons (Fsp3) is 0.154. The van der Waals surface area contributed by atoms with Crippen LogP contribution in [0.1, 0.15) is 28.1 Å². The number of nitrogens with zero attached hydrogens (tertiary/aromatic N) is 2. The lowest BCUT2D eigenvalue weighted by atomic mass is 10.2. The van der Waals surface area contributed by atoms with Crippen molar-refractivity contribution in [3.8, 4) is 11.3 Å². The highest BCUT2D eigenvalue weighted by molar-refractivity contribution is 7.14. The number of ether oxygens (including phenoxy) is 1. The number of carbonyl (C=O) groups is 3. The first kappa shape index (κ1) is 24.8. The molecule has 2 heterocycles. The number of Topliss-reactive ketones (excluding diaryl/α,β-unsaturated/α-hetero) is 1. The van der Waals surface area contributed by atoms with E-state index in [1.165, 1.54) is 27.6 Å². The molecule has 0 saturated heterocycles. The predicted molar refractivity (Wildman–Crippen MR) is 139 cm³/mol. The van der Waals surface area contributed by atoms with E-state index < -0.39 is 18.5 Å². The maximum Gasteiger partial charge on any atom is 0.306 e. The molecule has 4 aromatic rings. The van der Waals surface area contributed by atoms with Crippen molar-refractivity contribution in [3.05, 3.63) is 93.0 Å². The van der Waals surface area contributed by atoms with Crippen LogP contribution < -0.4 is 4.90 Å². The molecule has 4 rings (SSSR count). The molecule has 0 aliphatic rings. The average Bonchev–Trinajstić information content (AvgIpc) is 3.58. The minimum atomic E-state index is -0.594. The zero-order valence-electron chi connectivity index (χ0n) is 18.6. The Morgan fingerprint density at radius 3 is 2.40 bits per heavy atom. The van der Waals surface area contributed by atoms with Gasteiger partial charge in [0.2, 0.25) is 0 Å². The molecule has 0 spiro atoms. The summed E-state index contributed by atoms with van der Waals surface area (Å²) in [5, 5.41) is 4.80. The van der Waals surface area contributed by atoms with Crippen molar-refractivity contribution in [1.82, 2.24) is 4.98 Å². The number of halogens is 1. The van der Waals surface area contributed by atoms with Crippen LogP contribution in [0.15, 0.2) is 77.5 Å². The third-order valence-corrected chi connectivity index (χ3v) is 7.08. The van der Waals surface area contributed by atoms with Crippen LogP contribution in [0.3, 0.4) is 0 Å². The van der Waals surface area contributed by atoms with Crippen LogP contribution in [-0.4, -0.2) is 29.3 Å². The van der Waals surface area contributed by atoms with E-state index in [1.54, 1.807) is 24.3 Å². The van der Waals surface area contributed by atoms with E-state index in [9.17, 15) is 14.4 Å². The first-order valence-electron chi connectivity index (χ1n) is 10.8. The van der Waals surface area contributed by atoms with Gasteiger partial charge in [0.25, 0.3) is 5.91 Å². The number of aromatic nitrogens is 1. The average molecular weight is 525 g/mol. The van der Waals surface area contributed by atoms with Gasteiger partial charge in [0.15, 0.2) is 17.5 Å². The Bertz CT molecular complexity index is 1290. The molecule has 0 N–H and O–H groups in total. The maximum absolute atomic E-state index is 13.1. The Morgan fingerprint density at radius 2 is 1.69 bits per heavy atom. The molecule has 6 nitrogen and oxygen atoms in total. The lowest BCUT2D eigenvalue weighted by molar-refractivity contribution is -0.147. The largest absolute Gasteiger partial charge is 0.456 e. The second kappa shape index (κ2) is 11.9. The van der Waals surface area contributed by atoms with Crippen LogP contribution in [0.25, 0.3) is 11.3 Å². The van der Waals surface area contributed by atoms with Gasteiger partial charge < -0.3 is 4.74 Å². The van der Waals surface area contributed by atoms with E-state index in [0.29, 0.717) is 15.0 Å². The second-order valence-electron chi connectivity index (χ2n) is 7.55. The Hall–Kier alpha value is -3.33. The highest BCUT2D eigenvalue weighted by Gasteiger charge is 2.22. The SMILES string of the molecule is O=C(CCC(=O)c1cccs1)OCC(=O)N(Cc1ccccc1)c1nc(-c2ccc(Cl)cc2)cs1. The number of ketones is 1. The molecule has 0 atom stereocenters. The molecule has 0 bridgehead atoms. The standard InChI is InChI=1S/C26H21ClN2O4S2/c27-20-10-8-19(9-11-20)21-17-35-26(28-21)29(15-18-5-2-1-3-6-18)24(31)16-33-25(32)13-12-22(30)23-7-4-14-34-23/h1-11,14,17H,12-13,15-16H2. The van der Waals surface area contributed by atoms with Gasteiger partial charge in [-0.3, -0.25) is 19.3 Å². The number of hydrogen-bond acceptors (Lipinski definition) is 7. The molecule has 0 unspecified atom stereocenters. The van der Waals surface area contributed by atoms with Crippen LogP contribution in [0.4, 0.5) is 5.13 Å². The van der Waals surface area contributed by atoms with Gasteiger partial charge in [-0.25, -0.2) is 4.98 Å². The first-order chi connectivity index (χ1) is 17.0. The molecule has 0 fully saturated rings. The van der Waals surface area contributed by atoms with Gasteiger partial charge in [-0.15, -0.1) is 22.7 Å². The molecule has 1 amide bonds. The van der Waals surface area contributed by atoms with E-state index >= 15 is 0 Å². The number of benzene rings is 2. The second-order valence-corrected chi connectivity index (χ2v) is 9.77. The van der Waals surface area contributed by atoms with E-state index in [4.69, 9.17) is 16.3 Å². The van der Waals surface area contributed by atoms with Crippen molar-refractivity contribution in [2.45, 2.75) is 19.4 Å². The molecule has 178 valence electrons. The third-order valence-electron chi connectivity index (χ3n) is 5.06. The summed E-state index contributed by atoms with van der Waals surface area (Å²) >= 11 is 8.64. The minimum absolute atomic E-state index is 0.0399. The molecular formula is C26H21ClN2O4S2. The molecule has 2 aromatic heterocycles. The van der Waals surface area contributed by atoms with Crippen LogP contribution in [-0.2, 0) is 20.9 Å². The number of thiazole rings is 1. The number of carbonyl (C=O) groups excluding carboxylic acids is 3. The van der Waals surface area contributed by atoms with E-state index in [-0.39, 0.29) is 25.2 Å². The Labute approximate surface area is 215 Å². The number of hydrogen-bond donors (Lipinski definition) is 0. The van der Waals surface area contributed by atoms with Gasteiger partial charge in [-0.1, -0.05) is 60.1 Å². The zero-order chi connectivity index (χ0) is 24.6. The van der Waals surface area contributed by atoms with Crippen molar-refractivity contribution in [2.75, 3.05) is 11.5 Å². The van der Waals surface area contributed by atoms with Gasteiger partial charge in [0, 0.05) is 22.4 Å². The fourth-order valence-electron chi connectivity index (χ4n) is 3.24. The van der Waals surface area contributed by atoms with E-state index in [0.717, 1.165) is 16.8 Å². The highest BCUT2D eigenvalue weighted by atomic mass is 35.5. The monoisotopic (exact) mass is 524 g/mol. The fourth-order valence-corrected chi connectivity index (χ4v) is 4.91. The Balaban J connectivity index is 1.42. The molecule has 0 aliphatic heterocycles. The topological polar surface area (TPSA) is 76.6 Å². The van der Waals surface area contributed by atoms with Crippen LogP contribution in [0.5, 0.6) is 0 Å². The lowest BCUT2D eigenvalue weighted by Crippen LogP contribution is -2.34. The number of thiophene rings is 1. The zero-order valence-corrected chi connectivity index (χ0v) is 20.9. The minimum Gasteiger partial charge on any atom is -0.456 e. The van der Waals surface area contributed by atoms with Crippen molar-refractivity contribution in [1.29, 1.82) is 0 Å².